The molecule has 2 N–H and O–H groups in total. The summed E-state index contributed by atoms with van der Waals surface area (Å²) in [6.07, 6.45) is 0. The van der Waals surface area contributed by atoms with E-state index >= 15 is 0 Å². The average molecular weight is 348 g/mol. The Morgan fingerprint density at radius 2 is 1.88 bits per heavy atom. The molecule has 0 saturated heterocycles. The summed E-state index contributed by atoms with van der Waals surface area (Å²) in [7, 11) is 0. The van der Waals surface area contributed by atoms with Gasteiger partial charge in [-0.15, -0.1) is 0 Å². The number of benzene rings is 2. The zero-order valence-corrected chi connectivity index (χ0v) is 14.4. The van der Waals surface area contributed by atoms with Crippen LogP contribution in [0.1, 0.15) is 27.0 Å². The number of nitrogens with one attached hydrogen (secondary N) is 1. The zero-order chi connectivity index (χ0) is 17.9. The third-order valence-electron chi connectivity index (χ3n) is 3.49. The number of phenolic OH excluding ortho intramolecular Hbond substituents is 1. The molecule has 2 aromatic rings. The van der Waals surface area contributed by atoms with Crippen molar-refractivity contribution in [2.75, 3.05) is 11.9 Å². The van der Waals surface area contributed by atoms with Crippen molar-refractivity contribution in [1.29, 1.82) is 0 Å². The van der Waals surface area contributed by atoms with E-state index in [0.29, 0.717) is 16.3 Å². The van der Waals surface area contributed by atoms with Gasteiger partial charge < -0.3 is 15.2 Å². The SMILES string of the molecule is Cc1cc(C)c(NC(=O)COC(=O)c2cccc(C)c2O)c(Cl)c1. The van der Waals surface area contributed by atoms with Gasteiger partial charge in [-0.05, 0) is 49.6 Å². The van der Waals surface area contributed by atoms with Gasteiger partial charge in [0.25, 0.3) is 5.91 Å². The first-order valence-electron chi connectivity index (χ1n) is 7.32. The minimum absolute atomic E-state index is 0.0207. The molecule has 0 spiro atoms. The Bertz CT molecular complexity index is 779. The van der Waals surface area contributed by atoms with Gasteiger partial charge in [0, 0.05) is 0 Å². The molecule has 0 radical (unpaired) electrons. The number of rotatable bonds is 4. The molecule has 2 aromatic carbocycles. The summed E-state index contributed by atoms with van der Waals surface area (Å²) in [6.45, 7) is 4.92. The Kier molecular flexibility index (Phi) is 5.46. The molecule has 0 bridgehead atoms. The Hall–Kier alpha value is -2.53. The Labute approximate surface area is 145 Å². The van der Waals surface area contributed by atoms with Crippen molar-refractivity contribution < 1.29 is 19.4 Å². The number of esters is 1. The fourth-order valence-corrected chi connectivity index (χ4v) is 2.65. The van der Waals surface area contributed by atoms with Gasteiger partial charge in [-0.3, -0.25) is 4.79 Å². The summed E-state index contributed by atoms with van der Waals surface area (Å²) >= 11 is 6.12. The van der Waals surface area contributed by atoms with Crippen molar-refractivity contribution in [3.05, 3.63) is 57.6 Å². The normalized spacial score (nSPS) is 10.3. The van der Waals surface area contributed by atoms with Gasteiger partial charge in [-0.25, -0.2) is 4.79 Å². The van der Waals surface area contributed by atoms with E-state index in [9.17, 15) is 14.7 Å². The van der Waals surface area contributed by atoms with Gasteiger partial charge in [-0.2, -0.15) is 0 Å². The van der Waals surface area contributed by atoms with Crippen LogP contribution >= 0.6 is 11.6 Å². The largest absolute Gasteiger partial charge is 0.507 e. The number of aromatic hydroxyl groups is 1. The molecule has 0 aliphatic heterocycles. The summed E-state index contributed by atoms with van der Waals surface area (Å²) in [6, 6.07) is 8.35. The first-order chi connectivity index (χ1) is 11.3. The molecule has 0 heterocycles. The molecule has 2 rings (SSSR count). The average Bonchev–Trinajstić information content (AvgIpc) is 2.51. The highest BCUT2D eigenvalue weighted by Gasteiger charge is 2.16. The third kappa shape index (κ3) is 4.06. The molecule has 0 fully saturated rings. The van der Waals surface area contributed by atoms with E-state index in [2.05, 4.69) is 5.32 Å². The maximum Gasteiger partial charge on any atom is 0.342 e. The number of ether oxygens (including phenoxy) is 1. The van der Waals surface area contributed by atoms with E-state index in [-0.39, 0.29) is 11.3 Å². The van der Waals surface area contributed by atoms with E-state index in [0.717, 1.165) is 11.1 Å². The monoisotopic (exact) mass is 347 g/mol. The van der Waals surface area contributed by atoms with Crippen molar-refractivity contribution in [3.8, 4) is 5.75 Å². The second-order valence-corrected chi connectivity index (χ2v) is 5.94. The molecule has 24 heavy (non-hydrogen) atoms. The highest BCUT2D eigenvalue weighted by Crippen LogP contribution is 2.27. The van der Waals surface area contributed by atoms with Crippen LogP contribution < -0.4 is 5.32 Å². The molecule has 0 aliphatic rings. The van der Waals surface area contributed by atoms with Gasteiger partial charge in [0.2, 0.25) is 0 Å². The Morgan fingerprint density at radius 3 is 2.54 bits per heavy atom. The molecular weight excluding hydrogens is 330 g/mol. The molecule has 0 unspecified atom stereocenters. The number of hydrogen-bond donors (Lipinski definition) is 2. The van der Waals surface area contributed by atoms with Gasteiger partial charge in [0.15, 0.2) is 6.61 Å². The molecular formula is C18H18ClNO4. The standard InChI is InChI=1S/C18H18ClNO4/c1-10-7-12(3)16(14(19)8-10)20-15(21)9-24-18(23)13-6-4-5-11(2)17(13)22/h4-8,22H,9H2,1-3H3,(H,20,21). The highest BCUT2D eigenvalue weighted by atomic mass is 35.5. The number of aryl methyl sites for hydroxylation is 3. The lowest BCUT2D eigenvalue weighted by molar-refractivity contribution is -0.119. The predicted octanol–water partition coefficient (Wildman–Crippen LogP) is 3.77. The van der Waals surface area contributed by atoms with Crippen LogP contribution in [-0.2, 0) is 9.53 Å². The predicted molar refractivity (Wildman–Crippen MR) is 92.7 cm³/mol. The van der Waals surface area contributed by atoms with E-state index in [1.165, 1.54) is 6.07 Å². The number of carbonyl (C=O) groups excluding carboxylic acids is 2. The van der Waals surface area contributed by atoms with Gasteiger partial charge in [0.1, 0.15) is 11.3 Å². The fourth-order valence-electron chi connectivity index (χ4n) is 2.28. The molecule has 0 atom stereocenters. The van der Waals surface area contributed by atoms with Crippen LogP contribution in [0.25, 0.3) is 0 Å². The molecule has 126 valence electrons. The van der Waals surface area contributed by atoms with Crippen molar-refractivity contribution >= 4 is 29.2 Å². The number of carbonyl (C=O) groups is 2. The van der Waals surface area contributed by atoms with Gasteiger partial charge in [0.05, 0.1) is 10.7 Å². The van der Waals surface area contributed by atoms with Crippen molar-refractivity contribution in [1.82, 2.24) is 0 Å². The molecule has 0 saturated carbocycles. The second kappa shape index (κ2) is 7.36. The van der Waals surface area contributed by atoms with Crippen molar-refractivity contribution in [2.45, 2.75) is 20.8 Å². The lowest BCUT2D eigenvalue weighted by atomic mass is 10.1. The Balaban J connectivity index is 2.01. The van der Waals surface area contributed by atoms with Crippen LogP contribution in [0.4, 0.5) is 5.69 Å². The van der Waals surface area contributed by atoms with E-state index in [1.54, 1.807) is 25.1 Å². The molecule has 6 heteroatoms. The molecule has 1 amide bonds. The van der Waals surface area contributed by atoms with Crippen molar-refractivity contribution in [2.24, 2.45) is 0 Å². The van der Waals surface area contributed by atoms with Crippen LogP contribution in [0.15, 0.2) is 30.3 Å². The van der Waals surface area contributed by atoms with Crippen LogP contribution in [0.3, 0.4) is 0 Å². The number of amides is 1. The number of hydrogen-bond acceptors (Lipinski definition) is 4. The smallest absolute Gasteiger partial charge is 0.342 e. The summed E-state index contributed by atoms with van der Waals surface area (Å²) < 4.78 is 4.95. The van der Waals surface area contributed by atoms with Gasteiger partial charge in [-0.1, -0.05) is 29.8 Å². The number of phenols is 1. The van der Waals surface area contributed by atoms with Crippen LogP contribution in [-0.4, -0.2) is 23.6 Å². The van der Waals surface area contributed by atoms with E-state index in [4.69, 9.17) is 16.3 Å². The lowest BCUT2D eigenvalue weighted by Gasteiger charge is -2.12. The summed E-state index contributed by atoms with van der Waals surface area (Å²) in [5.41, 5.74) is 2.86. The lowest BCUT2D eigenvalue weighted by Crippen LogP contribution is -2.21. The van der Waals surface area contributed by atoms with Crippen LogP contribution in [0.5, 0.6) is 5.75 Å². The first-order valence-corrected chi connectivity index (χ1v) is 7.69. The first kappa shape index (κ1) is 17.8. The molecule has 0 aromatic heterocycles. The number of para-hydroxylation sites is 1. The minimum atomic E-state index is -0.766. The molecule has 5 nitrogen and oxygen atoms in total. The fraction of sp³-hybridized carbons (Fsp3) is 0.222. The molecule has 0 aliphatic carbocycles. The van der Waals surface area contributed by atoms with Crippen molar-refractivity contribution in [3.63, 3.8) is 0 Å². The van der Waals surface area contributed by atoms with E-state index in [1.807, 2.05) is 19.9 Å². The maximum atomic E-state index is 12.0. The van der Waals surface area contributed by atoms with Crippen LogP contribution in [0, 0.1) is 20.8 Å². The maximum absolute atomic E-state index is 12.0. The summed E-state index contributed by atoms with van der Waals surface area (Å²) in [5.74, 6) is -1.43. The second-order valence-electron chi connectivity index (χ2n) is 5.53. The summed E-state index contributed by atoms with van der Waals surface area (Å²) in [4.78, 5) is 23.9. The zero-order valence-electron chi connectivity index (χ0n) is 13.6. The van der Waals surface area contributed by atoms with Gasteiger partial charge >= 0.3 is 5.97 Å². The van der Waals surface area contributed by atoms with E-state index < -0.39 is 18.5 Å². The quantitative estimate of drug-likeness (QED) is 0.825. The topological polar surface area (TPSA) is 75.6 Å². The number of halogens is 1. The minimum Gasteiger partial charge on any atom is -0.507 e. The number of anilines is 1. The highest BCUT2D eigenvalue weighted by molar-refractivity contribution is 6.34. The van der Waals surface area contributed by atoms with Crippen LogP contribution in [0.2, 0.25) is 5.02 Å². The third-order valence-corrected chi connectivity index (χ3v) is 3.79. The summed E-state index contributed by atoms with van der Waals surface area (Å²) in [5, 5.41) is 12.9. The Morgan fingerprint density at radius 1 is 1.17 bits per heavy atom.